The smallest absolute Gasteiger partial charge is 0.0645 e. The third kappa shape index (κ3) is 3.55. The van der Waals surface area contributed by atoms with Gasteiger partial charge in [0.2, 0.25) is 0 Å². The van der Waals surface area contributed by atoms with Gasteiger partial charge in [-0.05, 0) is 25.0 Å². The standard InChI is InChI=1S/C17H23N3O2/c21-14-17(6-8-22-9-7-17)13-18-10-15-11-19-20(12-15)16-4-2-1-3-5-16/h1-5,11-12,18,21H,6-10,13-14H2. The first kappa shape index (κ1) is 15.2. The molecule has 2 aromatic rings. The topological polar surface area (TPSA) is 59.3 Å². The molecular weight excluding hydrogens is 278 g/mol. The van der Waals surface area contributed by atoms with Gasteiger partial charge in [0.25, 0.3) is 0 Å². The number of hydrogen-bond donors (Lipinski definition) is 2. The molecule has 1 aliphatic heterocycles. The van der Waals surface area contributed by atoms with Crippen LogP contribution in [0.5, 0.6) is 0 Å². The summed E-state index contributed by atoms with van der Waals surface area (Å²) in [5, 5.41) is 17.5. The molecule has 1 aromatic carbocycles. The molecule has 5 heteroatoms. The molecule has 0 saturated carbocycles. The molecule has 1 fully saturated rings. The van der Waals surface area contributed by atoms with E-state index in [2.05, 4.69) is 10.4 Å². The van der Waals surface area contributed by atoms with Crippen molar-refractivity contribution in [3.05, 3.63) is 48.3 Å². The van der Waals surface area contributed by atoms with E-state index in [0.717, 1.165) is 50.4 Å². The molecule has 0 spiro atoms. The van der Waals surface area contributed by atoms with E-state index in [1.54, 1.807) is 0 Å². The number of nitrogens with zero attached hydrogens (tertiary/aromatic N) is 2. The number of aliphatic hydroxyl groups excluding tert-OH is 1. The second-order valence-corrected chi connectivity index (χ2v) is 6.00. The molecule has 0 atom stereocenters. The Kier molecular flexibility index (Phi) is 4.87. The summed E-state index contributed by atoms with van der Waals surface area (Å²) < 4.78 is 7.27. The number of benzene rings is 1. The first-order valence-electron chi connectivity index (χ1n) is 7.80. The predicted molar refractivity (Wildman–Crippen MR) is 84.8 cm³/mol. The van der Waals surface area contributed by atoms with Gasteiger partial charge in [-0.3, -0.25) is 0 Å². The van der Waals surface area contributed by atoms with E-state index >= 15 is 0 Å². The van der Waals surface area contributed by atoms with E-state index in [1.807, 2.05) is 47.4 Å². The van der Waals surface area contributed by atoms with Gasteiger partial charge in [0.15, 0.2) is 0 Å². The van der Waals surface area contributed by atoms with Gasteiger partial charge in [-0.2, -0.15) is 5.10 Å². The lowest BCUT2D eigenvalue weighted by molar-refractivity contribution is -0.0154. The highest BCUT2D eigenvalue weighted by Crippen LogP contribution is 2.29. The largest absolute Gasteiger partial charge is 0.396 e. The summed E-state index contributed by atoms with van der Waals surface area (Å²) in [7, 11) is 0. The van der Waals surface area contributed by atoms with E-state index in [9.17, 15) is 5.11 Å². The molecular formula is C17H23N3O2. The molecule has 0 amide bonds. The monoisotopic (exact) mass is 301 g/mol. The number of para-hydroxylation sites is 1. The Morgan fingerprint density at radius 1 is 1.23 bits per heavy atom. The summed E-state index contributed by atoms with van der Waals surface area (Å²) in [6, 6.07) is 10.1. The van der Waals surface area contributed by atoms with Crippen LogP contribution in [0.1, 0.15) is 18.4 Å². The van der Waals surface area contributed by atoms with Gasteiger partial charge < -0.3 is 15.2 Å². The lowest BCUT2D eigenvalue weighted by Gasteiger charge is -2.35. The highest BCUT2D eigenvalue weighted by atomic mass is 16.5. The van der Waals surface area contributed by atoms with Crippen molar-refractivity contribution >= 4 is 0 Å². The van der Waals surface area contributed by atoms with Crippen molar-refractivity contribution in [3.8, 4) is 5.69 Å². The first-order chi connectivity index (χ1) is 10.8. The minimum absolute atomic E-state index is 0.0341. The summed E-state index contributed by atoms with van der Waals surface area (Å²) >= 11 is 0. The zero-order chi connectivity index (χ0) is 15.3. The molecule has 1 aliphatic rings. The predicted octanol–water partition coefficient (Wildman–Crippen LogP) is 1.75. The number of ether oxygens (including phenoxy) is 1. The fourth-order valence-corrected chi connectivity index (χ4v) is 2.84. The highest BCUT2D eigenvalue weighted by Gasteiger charge is 2.31. The molecule has 0 radical (unpaired) electrons. The van der Waals surface area contributed by atoms with Crippen LogP contribution in [0.25, 0.3) is 5.69 Å². The molecule has 2 N–H and O–H groups in total. The molecule has 118 valence electrons. The maximum Gasteiger partial charge on any atom is 0.0645 e. The maximum absolute atomic E-state index is 9.68. The third-order valence-electron chi connectivity index (χ3n) is 4.37. The number of hydrogen-bond acceptors (Lipinski definition) is 4. The van der Waals surface area contributed by atoms with Crippen LogP contribution < -0.4 is 5.32 Å². The van der Waals surface area contributed by atoms with Crippen LogP contribution in [0.15, 0.2) is 42.7 Å². The zero-order valence-electron chi connectivity index (χ0n) is 12.7. The molecule has 5 nitrogen and oxygen atoms in total. The molecule has 0 aliphatic carbocycles. The van der Waals surface area contributed by atoms with Crippen LogP contribution in [0.3, 0.4) is 0 Å². The summed E-state index contributed by atoms with van der Waals surface area (Å²) in [6.07, 6.45) is 5.76. The Balaban J connectivity index is 1.55. The maximum atomic E-state index is 9.68. The number of rotatable bonds is 6. The zero-order valence-corrected chi connectivity index (χ0v) is 12.7. The molecule has 1 saturated heterocycles. The van der Waals surface area contributed by atoms with Crippen LogP contribution in [0.4, 0.5) is 0 Å². The molecule has 2 heterocycles. The fraction of sp³-hybridized carbons (Fsp3) is 0.471. The lowest BCUT2D eigenvalue weighted by atomic mass is 9.81. The highest BCUT2D eigenvalue weighted by molar-refractivity contribution is 5.30. The van der Waals surface area contributed by atoms with E-state index in [4.69, 9.17) is 4.74 Å². The van der Waals surface area contributed by atoms with Gasteiger partial charge in [0.05, 0.1) is 18.5 Å². The molecule has 3 rings (SSSR count). The normalized spacial score (nSPS) is 17.5. The van der Waals surface area contributed by atoms with E-state index in [1.165, 1.54) is 0 Å². The third-order valence-corrected chi connectivity index (χ3v) is 4.37. The van der Waals surface area contributed by atoms with Crippen molar-refractivity contribution in [2.75, 3.05) is 26.4 Å². The van der Waals surface area contributed by atoms with E-state index < -0.39 is 0 Å². The summed E-state index contributed by atoms with van der Waals surface area (Å²) in [6.45, 7) is 3.27. The lowest BCUT2D eigenvalue weighted by Crippen LogP contribution is -2.41. The summed E-state index contributed by atoms with van der Waals surface area (Å²) in [5.41, 5.74) is 2.17. The van der Waals surface area contributed by atoms with Crippen molar-refractivity contribution in [1.29, 1.82) is 0 Å². The number of nitrogens with one attached hydrogen (secondary N) is 1. The molecule has 22 heavy (non-hydrogen) atoms. The van der Waals surface area contributed by atoms with Gasteiger partial charge in [0.1, 0.15) is 0 Å². The average molecular weight is 301 g/mol. The summed E-state index contributed by atoms with van der Waals surface area (Å²) in [4.78, 5) is 0. The molecule has 0 unspecified atom stereocenters. The van der Waals surface area contributed by atoms with Gasteiger partial charge >= 0.3 is 0 Å². The van der Waals surface area contributed by atoms with Gasteiger partial charge in [-0.25, -0.2) is 4.68 Å². The van der Waals surface area contributed by atoms with Crippen molar-refractivity contribution in [2.45, 2.75) is 19.4 Å². The van der Waals surface area contributed by atoms with Gasteiger partial charge in [-0.1, -0.05) is 18.2 Å². The number of aromatic nitrogens is 2. The van der Waals surface area contributed by atoms with Crippen molar-refractivity contribution in [1.82, 2.24) is 15.1 Å². The van der Waals surface area contributed by atoms with Crippen LogP contribution in [0.2, 0.25) is 0 Å². The summed E-state index contributed by atoms with van der Waals surface area (Å²) in [5.74, 6) is 0. The Hall–Kier alpha value is -1.69. The Morgan fingerprint density at radius 3 is 2.73 bits per heavy atom. The minimum atomic E-state index is -0.0341. The van der Waals surface area contributed by atoms with E-state index in [-0.39, 0.29) is 12.0 Å². The Labute approximate surface area is 130 Å². The van der Waals surface area contributed by atoms with Crippen molar-refractivity contribution < 1.29 is 9.84 Å². The van der Waals surface area contributed by atoms with Crippen LogP contribution in [0, 0.1) is 5.41 Å². The van der Waals surface area contributed by atoms with Crippen LogP contribution in [-0.2, 0) is 11.3 Å². The Bertz CT molecular complexity index is 577. The molecule has 0 bridgehead atoms. The number of aliphatic hydroxyl groups is 1. The fourth-order valence-electron chi connectivity index (χ4n) is 2.84. The second kappa shape index (κ2) is 7.05. The quantitative estimate of drug-likeness (QED) is 0.853. The van der Waals surface area contributed by atoms with Crippen LogP contribution >= 0.6 is 0 Å². The average Bonchev–Trinajstić information content (AvgIpc) is 3.05. The van der Waals surface area contributed by atoms with Crippen molar-refractivity contribution in [3.63, 3.8) is 0 Å². The van der Waals surface area contributed by atoms with Gasteiger partial charge in [0, 0.05) is 43.5 Å². The minimum Gasteiger partial charge on any atom is -0.396 e. The second-order valence-electron chi connectivity index (χ2n) is 6.00. The molecule has 1 aromatic heterocycles. The van der Waals surface area contributed by atoms with Crippen molar-refractivity contribution in [2.24, 2.45) is 5.41 Å². The van der Waals surface area contributed by atoms with Crippen LogP contribution in [-0.4, -0.2) is 41.3 Å². The van der Waals surface area contributed by atoms with Gasteiger partial charge in [-0.15, -0.1) is 0 Å². The van der Waals surface area contributed by atoms with E-state index in [0.29, 0.717) is 0 Å². The first-order valence-corrected chi connectivity index (χ1v) is 7.80. The SMILES string of the molecule is OCC1(CNCc2cnn(-c3ccccc3)c2)CCOCC1. The Morgan fingerprint density at radius 2 is 2.00 bits per heavy atom.